The van der Waals surface area contributed by atoms with Gasteiger partial charge in [-0.3, -0.25) is 0 Å². The number of sulfone groups is 1. The average Bonchev–Trinajstić information content (AvgIpc) is 2.61. The number of amides is 1. The fourth-order valence-corrected chi connectivity index (χ4v) is 4.24. The Kier molecular flexibility index (Phi) is 6.08. The van der Waals surface area contributed by atoms with E-state index in [9.17, 15) is 13.2 Å². The van der Waals surface area contributed by atoms with Gasteiger partial charge in [0.1, 0.15) is 11.4 Å². The first-order chi connectivity index (χ1) is 13.9. The highest BCUT2D eigenvalue weighted by atomic mass is 32.2. The number of anilines is 2. The molecular formula is C22H29N3O4S. The van der Waals surface area contributed by atoms with E-state index in [0.717, 1.165) is 34.4 Å². The molecule has 0 bridgehead atoms. The molecule has 3 rings (SSSR count). The summed E-state index contributed by atoms with van der Waals surface area (Å²) in [5, 5.41) is 3.27. The zero-order valence-electron chi connectivity index (χ0n) is 18.2. The number of aryl methyl sites for hydroxylation is 1. The van der Waals surface area contributed by atoms with Crippen LogP contribution in [0, 0.1) is 6.92 Å². The molecule has 0 saturated heterocycles. The van der Waals surface area contributed by atoms with Crippen LogP contribution in [0.15, 0.2) is 30.5 Å². The Bertz CT molecular complexity index is 1060. The van der Waals surface area contributed by atoms with Crippen molar-refractivity contribution in [2.24, 2.45) is 0 Å². The lowest BCUT2D eigenvalue weighted by Gasteiger charge is -2.31. The van der Waals surface area contributed by atoms with Crippen molar-refractivity contribution in [3.63, 3.8) is 0 Å². The first kappa shape index (κ1) is 22.1. The fraction of sp³-hybridized carbons (Fsp3) is 0.455. The van der Waals surface area contributed by atoms with Crippen molar-refractivity contribution in [2.45, 2.75) is 52.0 Å². The van der Waals surface area contributed by atoms with Gasteiger partial charge >= 0.3 is 6.09 Å². The number of fused-ring (bicyclic) bond motifs is 1. The molecule has 1 aliphatic heterocycles. The summed E-state index contributed by atoms with van der Waals surface area (Å²) in [4.78, 5) is 18.6. The highest BCUT2D eigenvalue weighted by molar-refractivity contribution is 7.89. The number of hydrogen-bond donors (Lipinski definition) is 1. The second-order valence-electron chi connectivity index (χ2n) is 8.83. The molecule has 8 heteroatoms. The molecule has 0 unspecified atom stereocenters. The van der Waals surface area contributed by atoms with Crippen LogP contribution in [0.3, 0.4) is 0 Å². The van der Waals surface area contributed by atoms with E-state index >= 15 is 0 Å². The lowest BCUT2D eigenvalue weighted by molar-refractivity contribution is 0.0224. The summed E-state index contributed by atoms with van der Waals surface area (Å²) in [5.74, 6) is 0.700. The molecule has 1 aromatic carbocycles. The van der Waals surface area contributed by atoms with Gasteiger partial charge in [0.2, 0.25) is 0 Å². The smallest absolute Gasteiger partial charge is 0.410 e. The van der Waals surface area contributed by atoms with Crippen LogP contribution >= 0.6 is 0 Å². The number of benzene rings is 1. The maximum atomic E-state index is 12.4. The van der Waals surface area contributed by atoms with Gasteiger partial charge in [0.15, 0.2) is 9.84 Å². The standard InChI is InChI=1S/C22H29N3O4S/c1-15-10-19(7-6-17(15)14-30(5,27)28)24-20-11-18-13-25(9-8-16(18)12-23-20)21(26)29-22(2,3)4/h6-7,10-12H,8-9,13-14H2,1-5H3,(H,23,24). The molecule has 0 fully saturated rings. The summed E-state index contributed by atoms with van der Waals surface area (Å²) in [6, 6.07) is 7.53. The van der Waals surface area contributed by atoms with E-state index in [1.165, 1.54) is 6.26 Å². The van der Waals surface area contributed by atoms with Gasteiger partial charge in [0.05, 0.1) is 5.75 Å². The third kappa shape index (κ3) is 5.95. The summed E-state index contributed by atoms with van der Waals surface area (Å²) in [5.41, 5.74) is 4.16. The predicted octanol–water partition coefficient (Wildman–Crippen LogP) is 3.97. The molecule has 0 saturated carbocycles. The molecule has 0 atom stereocenters. The summed E-state index contributed by atoms with van der Waals surface area (Å²) in [7, 11) is -3.08. The number of aromatic nitrogens is 1. The number of nitrogens with zero attached hydrogens (tertiary/aromatic N) is 2. The van der Waals surface area contributed by atoms with Crippen LogP contribution in [0.1, 0.15) is 43.0 Å². The number of rotatable bonds is 4. The second-order valence-corrected chi connectivity index (χ2v) is 11.0. The molecule has 1 amide bonds. The molecule has 0 spiro atoms. The van der Waals surface area contributed by atoms with Crippen LogP contribution in [-0.4, -0.2) is 42.8 Å². The molecule has 2 heterocycles. The molecule has 2 aromatic rings. The van der Waals surface area contributed by atoms with Crippen molar-refractivity contribution in [3.8, 4) is 0 Å². The van der Waals surface area contributed by atoms with E-state index in [1.54, 1.807) is 4.90 Å². The monoisotopic (exact) mass is 431 g/mol. The van der Waals surface area contributed by atoms with E-state index < -0.39 is 15.4 Å². The number of carbonyl (C=O) groups is 1. The van der Waals surface area contributed by atoms with E-state index in [1.807, 2.05) is 58.2 Å². The van der Waals surface area contributed by atoms with Gasteiger partial charge in [0.25, 0.3) is 0 Å². The van der Waals surface area contributed by atoms with Crippen LogP contribution in [0.2, 0.25) is 0 Å². The maximum absolute atomic E-state index is 12.4. The topological polar surface area (TPSA) is 88.6 Å². The molecule has 0 aliphatic carbocycles. The van der Waals surface area contributed by atoms with Crippen LogP contribution in [0.5, 0.6) is 0 Å². The molecule has 162 valence electrons. The predicted molar refractivity (Wildman–Crippen MR) is 118 cm³/mol. The Morgan fingerprint density at radius 3 is 2.60 bits per heavy atom. The molecule has 0 radical (unpaired) electrons. The Morgan fingerprint density at radius 1 is 1.23 bits per heavy atom. The lowest BCUT2D eigenvalue weighted by atomic mass is 10.0. The van der Waals surface area contributed by atoms with E-state index in [2.05, 4.69) is 10.3 Å². The van der Waals surface area contributed by atoms with Gasteiger partial charge in [-0.05, 0) is 74.6 Å². The molecule has 30 heavy (non-hydrogen) atoms. The fourth-order valence-electron chi connectivity index (χ4n) is 3.35. The van der Waals surface area contributed by atoms with Gasteiger partial charge in [-0.15, -0.1) is 0 Å². The van der Waals surface area contributed by atoms with Gasteiger partial charge < -0.3 is 15.0 Å². The number of hydrogen-bond acceptors (Lipinski definition) is 6. The van der Waals surface area contributed by atoms with E-state index in [0.29, 0.717) is 18.9 Å². The first-order valence-corrected chi connectivity index (χ1v) is 12.0. The Hall–Kier alpha value is -2.61. The van der Waals surface area contributed by atoms with Crippen LogP contribution in [0.4, 0.5) is 16.3 Å². The highest BCUT2D eigenvalue weighted by Gasteiger charge is 2.26. The van der Waals surface area contributed by atoms with Crippen LogP contribution in [0.25, 0.3) is 0 Å². The lowest BCUT2D eigenvalue weighted by Crippen LogP contribution is -2.39. The maximum Gasteiger partial charge on any atom is 0.410 e. The minimum absolute atomic E-state index is 0.0245. The number of nitrogens with one attached hydrogen (secondary N) is 1. The van der Waals surface area contributed by atoms with Crippen molar-refractivity contribution < 1.29 is 17.9 Å². The molecule has 1 aliphatic rings. The van der Waals surface area contributed by atoms with Crippen molar-refractivity contribution in [2.75, 3.05) is 18.1 Å². The van der Waals surface area contributed by atoms with Crippen molar-refractivity contribution in [1.82, 2.24) is 9.88 Å². The third-order valence-electron chi connectivity index (χ3n) is 4.78. The van der Waals surface area contributed by atoms with Gasteiger partial charge in [0, 0.05) is 31.2 Å². The summed E-state index contributed by atoms with van der Waals surface area (Å²) < 4.78 is 28.6. The minimum Gasteiger partial charge on any atom is -0.444 e. The summed E-state index contributed by atoms with van der Waals surface area (Å²) in [6.07, 6.45) is 3.50. The van der Waals surface area contributed by atoms with Crippen LogP contribution in [-0.2, 0) is 33.3 Å². The van der Waals surface area contributed by atoms with E-state index in [-0.39, 0.29) is 11.8 Å². The van der Waals surface area contributed by atoms with Crippen molar-refractivity contribution >= 4 is 27.4 Å². The molecule has 7 nitrogen and oxygen atoms in total. The Balaban J connectivity index is 1.73. The largest absolute Gasteiger partial charge is 0.444 e. The third-order valence-corrected chi connectivity index (χ3v) is 5.61. The van der Waals surface area contributed by atoms with Gasteiger partial charge in [-0.2, -0.15) is 0 Å². The molecule has 1 aromatic heterocycles. The second kappa shape index (κ2) is 8.26. The van der Waals surface area contributed by atoms with Crippen molar-refractivity contribution in [3.05, 3.63) is 52.7 Å². The molecular weight excluding hydrogens is 402 g/mol. The average molecular weight is 432 g/mol. The zero-order valence-corrected chi connectivity index (χ0v) is 19.0. The Morgan fingerprint density at radius 2 is 1.97 bits per heavy atom. The zero-order chi connectivity index (χ0) is 22.1. The van der Waals surface area contributed by atoms with Gasteiger partial charge in [-0.1, -0.05) is 6.07 Å². The highest BCUT2D eigenvalue weighted by Crippen LogP contribution is 2.25. The van der Waals surface area contributed by atoms with Crippen molar-refractivity contribution in [1.29, 1.82) is 0 Å². The first-order valence-electron chi connectivity index (χ1n) is 9.90. The van der Waals surface area contributed by atoms with Gasteiger partial charge in [-0.25, -0.2) is 18.2 Å². The minimum atomic E-state index is -3.08. The SMILES string of the molecule is Cc1cc(Nc2cc3c(cn2)CCN(C(=O)OC(C)(C)C)C3)ccc1CS(C)(=O)=O. The number of pyridine rings is 1. The number of ether oxygens (including phenoxy) is 1. The quantitative estimate of drug-likeness (QED) is 0.788. The number of carbonyl (C=O) groups excluding carboxylic acids is 1. The van der Waals surface area contributed by atoms with Crippen LogP contribution < -0.4 is 5.32 Å². The normalized spacial score (nSPS) is 14.2. The molecule has 1 N–H and O–H groups in total. The summed E-state index contributed by atoms with van der Waals surface area (Å²) in [6.45, 7) is 8.56. The Labute approximate surface area is 178 Å². The summed E-state index contributed by atoms with van der Waals surface area (Å²) >= 11 is 0. The van der Waals surface area contributed by atoms with E-state index in [4.69, 9.17) is 4.74 Å².